The molecule has 0 spiro atoms. The van der Waals surface area contributed by atoms with Crippen LogP contribution in [0.15, 0.2) is 0 Å². The number of thiazole rings is 1. The van der Waals surface area contributed by atoms with Gasteiger partial charge in [0.1, 0.15) is 4.88 Å². The highest BCUT2D eigenvalue weighted by Gasteiger charge is 2.22. The first-order valence-corrected chi connectivity index (χ1v) is 6.19. The monoisotopic (exact) mass is 252 g/mol. The molecule has 0 atom stereocenters. The molecule has 0 bridgehead atoms. The third-order valence-corrected chi connectivity index (χ3v) is 3.33. The number of aromatic nitrogens is 1. The Morgan fingerprint density at radius 2 is 2.29 bits per heavy atom. The fourth-order valence-electron chi connectivity index (χ4n) is 1.51. The summed E-state index contributed by atoms with van der Waals surface area (Å²) in [5.74, 6) is -0.0954. The lowest BCUT2D eigenvalue weighted by molar-refractivity contribution is 0.0714. The van der Waals surface area contributed by atoms with Crippen LogP contribution in [0.1, 0.15) is 35.6 Å². The topological polar surface area (TPSA) is 83.0 Å². The Balaban J connectivity index is 2.92. The van der Waals surface area contributed by atoms with Crippen LogP contribution in [0.3, 0.4) is 0 Å². The molecule has 0 saturated heterocycles. The summed E-state index contributed by atoms with van der Waals surface area (Å²) >= 11 is 1.19. The molecule has 5 nitrogen and oxygen atoms in total. The van der Waals surface area contributed by atoms with E-state index in [0.29, 0.717) is 28.7 Å². The largest absolute Gasteiger partial charge is 0.375 e. The van der Waals surface area contributed by atoms with E-state index < -0.39 is 0 Å². The Morgan fingerprint density at radius 3 is 2.71 bits per heavy atom. The molecule has 1 aromatic rings. The maximum atomic E-state index is 12.3. The number of hydrogen-bond donors (Lipinski definition) is 1. The summed E-state index contributed by atoms with van der Waals surface area (Å²) in [5, 5.41) is 8.99. The Hall–Kier alpha value is -1.61. The van der Waals surface area contributed by atoms with Crippen LogP contribution in [-0.2, 0) is 0 Å². The number of hydrogen-bond acceptors (Lipinski definition) is 5. The molecule has 0 unspecified atom stereocenters. The predicted octanol–water partition coefficient (Wildman–Crippen LogP) is 1.80. The number of nitrogen functional groups attached to an aromatic ring is 1. The number of anilines is 1. The third-order valence-electron chi connectivity index (χ3n) is 2.36. The second-order valence-electron chi connectivity index (χ2n) is 3.97. The van der Waals surface area contributed by atoms with Gasteiger partial charge in [0.05, 0.1) is 18.2 Å². The van der Waals surface area contributed by atoms with Gasteiger partial charge in [0.25, 0.3) is 5.91 Å². The maximum absolute atomic E-state index is 12.3. The zero-order valence-electron chi connectivity index (χ0n) is 10.2. The summed E-state index contributed by atoms with van der Waals surface area (Å²) in [6.07, 6.45) is 0.331. The summed E-state index contributed by atoms with van der Waals surface area (Å²) in [6, 6.07) is 2.10. The minimum absolute atomic E-state index is 0.0542. The number of nitrogens with zero attached hydrogens (tertiary/aromatic N) is 3. The van der Waals surface area contributed by atoms with Crippen LogP contribution in [0.25, 0.3) is 0 Å². The second kappa shape index (κ2) is 5.64. The summed E-state index contributed by atoms with van der Waals surface area (Å²) in [6.45, 7) is 6.05. The van der Waals surface area contributed by atoms with Gasteiger partial charge in [-0.2, -0.15) is 5.26 Å². The Bertz CT molecular complexity index is 447. The quantitative estimate of drug-likeness (QED) is 0.885. The summed E-state index contributed by atoms with van der Waals surface area (Å²) in [7, 11) is 0. The van der Waals surface area contributed by atoms with Gasteiger partial charge in [0.2, 0.25) is 0 Å². The molecule has 0 aliphatic rings. The van der Waals surface area contributed by atoms with E-state index in [2.05, 4.69) is 4.98 Å². The van der Waals surface area contributed by atoms with Crippen LogP contribution in [0.2, 0.25) is 0 Å². The van der Waals surface area contributed by atoms with E-state index >= 15 is 0 Å². The van der Waals surface area contributed by atoms with Gasteiger partial charge in [-0.05, 0) is 20.8 Å². The molecular formula is C11H16N4OS. The van der Waals surface area contributed by atoms with Crippen molar-refractivity contribution in [2.24, 2.45) is 0 Å². The molecule has 0 radical (unpaired) electrons. The number of aryl methyl sites for hydroxylation is 1. The SMILES string of the molecule is Cc1nc(N)sc1C(=O)N(CCC#N)C(C)C. The van der Waals surface area contributed by atoms with Crippen molar-refractivity contribution in [2.45, 2.75) is 33.2 Å². The number of nitriles is 1. The van der Waals surface area contributed by atoms with Gasteiger partial charge in [-0.1, -0.05) is 11.3 Å². The smallest absolute Gasteiger partial charge is 0.266 e. The molecule has 0 aliphatic heterocycles. The Labute approximate surface area is 105 Å². The lowest BCUT2D eigenvalue weighted by Crippen LogP contribution is -2.37. The lowest BCUT2D eigenvalue weighted by atomic mass is 10.2. The van der Waals surface area contributed by atoms with Gasteiger partial charge < -0.3 is 10.6 Å². The van der Waals surface area contributed by atoms with Crippen LogP contribution >= 0.6 is 11.3 Å². The fourth-order valence-corrected chi connectivity index (χ4v) is 2.30. The average molecular weight is 252 g/mol. The first-order chi connectivity index (χ1) is 7.97. The molecule has 0 aliphatic carbocycles. The molecule has 2 N–H and O–H groups in total. The van der Waals surface area contributed by atoms with E-state index in [-0.39, 0.29) is 11.9 Å². The van der Waals surface area contributed by atoms with Crippen molar-refractivity contribution in [1.82, 2.24) is 9.88 Å². The number of carbonyl (C=O) groups is 1. The molecule has 0 aromatic carbocycles. The van der Waals surface area contributed by atoms with E-state index in [1.54, 1.807) is 11.8 Å². The van der Waals surface area contributed by atoms with Crippen molar-refractivity contribution in [3.8, 4) is 6.07 Å². The first kappa shape index (κ1) is 13.5. The molecule has 17 heavy (non-hydrogen) atoms. The normalized spacial score (nSPS) is 10.3. The third kappa shape index (κ3) is 3.17. The van der Waals surface area contributed by atoms with Crippen molar-refractivity contribution < 1.29 is 4.79 Å². The highest BCUT2D eigenvalue weighted by atomic mass is 32.1. The van der Waals surface area contributed by atoms with Crippen molar-refractivity contribution in [3.63, 3.8) is 0 Å². The van der Waals surface area contributed by atoms with E-state index in [9.17, 15) is 4.79 Å². The highest BCUT2D eigenvalue weighted by molar-refractivity contribution is 7.17. The van der Waals surface area contributed by atoms with Gasteiger partial charge in [0, 0.05) is 12.6 Å². The molecule has 0 fully saturated rings. The Kier molecular flexibility index (Phi) is 4.46. The number of nitrogens with two attached hydrogens (primary N) is 1. The maximum Gasteiger partial charge on any atom is 0.266 e. The predicted molar refractivity (Wildman–Crippen MR) is 67.7 cm³/mol. The molecule has 6 heteroatoms. The van der Waals surface area contributed by atoms with E-state index in [1.807, 2.05) is 19.9 Å². The van der Waals surface area contributed by atoms with E-state index in [0.717, 1.165) is 0 Å². The molecule has 1 amide bonds. The summed E-state index contributed by atoms with van der Waals surface area (Å²) < 4.78 is 0. The molecule has 1 heterocycles. The summed E-state index contributed by atoms with van der Waals surface area (Å²) in [4.78, 5) is 18.5. The van der Waals surface area contributed by atoms with Crippen molar-refractivity contribution >= 4 is 22.4 Å². The standard InChI is InChI=1S/C11H16N4OS/c1-7(2)15(6-4-5-12)10(16)9-8(3)14-11(13)17-9/h7H,4,6H2,1-3H3,(H2,13,14). The number of carbonyl (C=O) groups excluding carboxylic acids is 1. The van der Waals surface area contributed by atoms with Crippen LogP contribution < -0.4 is 5.73 Å². The van der Waals surface area contributed by atoms with Crippen molar-refractivity contribution in [1.29, 1.82) is 5.26 Å². The van der Waals surface area contributed by atoms with Gasteiger partial charge in [-0.25, -0.2) is 4.98 Å². The Morgan fingerprint density at radius 1 is 1.65 bits per heavy atom. The minimum atomic E-state index is -0.0954. The van der Waals surface area contributed by atoms with Crippen LogP contribution in [0.5, 0.6) is 0 Å². The summed E-state index contributed by atoms with van der Waals surface area (Å²) in [5.41, 5.74) is 6.23. The van der Waals surface area contributed by atoms with Crippen LogP contribution in [0, 0.1) is 18.3 Å². The molecule has 0 saturated carbocycles. The second-order valence-corrected chi connectivity index (χ2v) is 5.00. The zero-order chi connectivity index (χ0) is 13.0. The zero-order valence-corrected chi connectivity index (χ0v) is 11.0. The molecule has 1 rings (SSSR count). The van der Waals surface area contributed by atoms with Crippen molar-refractivity contribution in [2.75, 3.05) is 12.3 Å². The number of amides is 1. The van der Waals surface area contributed by atoms with Crippen LogP contribution in [0.4, 0.5) is 5.13 Å². The highest BCUT2D eigenvalue weighted by Crippen LogP contribution is 2.22. The van der Waals surface area contributed by atoms with Gasteiger partial charge in [-0.3, -0.25) is 4.79 Å². The van der Waals surface area contributed by atoms with Crippen LogP contribution in [-0.4, -0.2) is 28.4 Å². The minimum Gasteiger partial charge on any atom is -0.375 e. The van der Waals surface area contributed by atoms with E-state index in [4.69, 9.17) is 11.0 Å². The lowest BCUT2D eigenvalue weighted by Gasteiger charge is -2.25. The van der Waals surface area contributed by atoms with Crippen molar-refractivity contribution in [3.05, 3.63) is 10.6 Å². The average Bonchev–Trinajstić information content (AvgIpc) is 2.57. The molecule has 92 valence electrons. The fraction of sp³-hybridized carbons (Fsp3) is 0.545. The van der Waals surface area contributed by atoms with Gasteiger partial charge in [0.15, 0.2) is 5.13 Å². The van der Waals surface area contributed by atoms with Gasteiger partial charge in [-0.15, -0.1) is 0 Å². The van der Waals surface area contributed by atoms with Gasteiger partial charge >= 0.3 is 0 Å². The first-order valence-electron chi connectivity index (χ1n) is 5.38. The molecule has 1 aromatic heterocycles. The van der Waals surface area contributed by atoms with E-state index in [1.165, 1.54) is 11.3 Å². The molecular weight excluding hydrogens is 236 g/mol. The number of rotatable bonds is 4.